The normalized spacial score (nSPS) is 11.3. The molecule has 0 atom stereocenters. The van der Waals surface area contributed by atoms with Gasteiger partial charge >= 0.3 is 0 Å². The zero-order valence-electron chi connectivity index (χ0n) is 12.2. The Labute approximate surface area is 124 Å². The second kappa shape index (κ2) is 7.19. The molecule has 0 spiro atoms. The molecule has 0 fully saturated rings. The van der Waals surface area contributed by atoms with E-state index in [1.165, 1.54) is 6.08 Å². The summed E-state index contributed by atoms with van der Waals surface area (Å²) in [7, 11) is 0. The molecule has 0 saturated heterocycles. The van der Waals surface area contributed by atoms with Gasteiger partial charge in [0.1, 0.15) is 6.33 Å². The maximum Gasteiger partial charge on any atom is 0.248 e. The van der Waals surface area contributed by atoms with Crippen molar-refractivity contribution in [3.8, 4) is 11.4 Å². The molecular weight excluding hydrogens is 264 g/mol. The van der Waals surface area contributed by atoms with Gasteiger partial charge in [0.15, 0.2) is 5.82 Å². The van der Waals surface area contributed by atoms with Crippen LogP contribution in [0, 0.1) is 0 Å². The number of hydrogen-bond donors (Lipinski definition) is 1. The second-order valence-corrected chi connectivity index (χ2v) is 4.40. The van der Waals surface area contributed by atoms with Gasteiger partial charge in [-0.25, -0.2) is 0 Å². The minimum absolute atomic E-state index is 0.165. The number of benzene rings is 1. The molecule has 1 N–H and O–H groups in total. The number of carbonyl (C=O) groups excluding carboxylic acids is 1. The number of anilines is 1. The highest BCUT2D eigenvalue weighted by atomic mass is 16.1. The van der Waals surface area contributed by atoms with Gasteiger partial charge in [0, 0.05) is 23.9 Å². The molecule has 108 valence electrons. The third-order valence-corrected chi connectivity index (χ3v) is 2.90. The van der Waals surface area contributed by atoms with Gasteiger partial charge in [-0.05, 0) is 26.0 Å². The fourth-order valence-electron chi connectivity index (χ4n) is 1.88. The molecule has 0 aliphatic heterocycles. The summed E-state index contributed by atoms with van der Waals surface area (Å²) in [6.45, 7) is 4.73. The van der Waals surface area contributed by atoms with E-state index in [0.717, 1.165) is 23.6 Å². The number of hydrogen-bond acceptors (Lipinski definition) is 3. The van der Waals surface area contributed by atoms with Gasteiger partial charge in [0.2, 0.25) is 5.91 Å². The first-order chi connectivity index (χ1) is 10.2. The Morgan fingerprint density at radius 1 is 1.38 bits per heavy atom. The summed E-state index contributed by atoms with van der Waals surface area (Å²) in [6.07, 6.45) is 8.55. The van der Waals surface area contributed by atoms with Crippen LogP contribution in [0.2, 0.25) is 0 Å². The molecule has 0 aliphatic rings. The number of aryl methyl sites for hydroxylation is 1. The van der Waals surface area contributed by atoms with Crippen molar-refractivity contribution in [1.29, 1.82) is 0 Å². The van der Waals surface area contributed by atoms with Gasteiger partial charge in [0.05, 0.1) is 0 Å². The highest BCUT2D eigenvalue weighted by Crippen LogP contribution is 2.20. The van der Waals surface area contributed by atoms with Gasteiger partial charge in [0.25, 0.3) is 0 Å². The van der Waals surface area contributed by atoms with Crippen LogP contribution in [0.1, 0.15) is 13.8 Å². The van der Waals surface area contributed by atoms with Gasteiger partial charge < -0.3 is 9.88 Å². The van der Waals surface area contributed by atoms with Gasteiger partial charge in [-0.3, -0.25) is 4.79 Å². The van der Waals surface area contributed by atoms with E-state index in [4.69, 9.17) is 0 Å². The van der Waals surface area contributed by atoms with Crippen molar-refractivity contribution < 1.29 is 4.79 Å². The van der Waals surface area contributed by atoms with Crippen molar-refractivity contribution in [2.24, 2.45) is 0 Å². The molecule has 2 rings (SSSR count). The largest absolute Gasteiger partial charge is 0.322 e. The predicted octanol–water partition coefficient (Wildman–Crippen LogP) is 3.04. The molecule has 0 saturated carbocycles. The van der Waals surface area contributed by atoms with Crippen LogP contribution in [0.3, 0.4) is 0 Å². The molecule has 5 heteroatoms. The number of allylic oxidation sites excluding steroid dienone is 3. The van der Waals surface area contributed by atoms with E-state index < -0.39 is 0 Å². The Hall–Kier alpha value is -2.69. The van der Waals surface area contributed by atoms with Crippen molar-refractivity contribution in [3.63, 3.8) is 0 Å². The number of amides is 1. The molecular formula is C16H18N4O. The lowest BCUT2D eigenvalue weighted by Crippen LogP contribution is -2.07. The summed E-state index contributed by atoms with van der Waals surface area (Å²) >= 11 is 0. The first-order valence-electron chi connectivity index (χ1n) is 6.83. The zero-order chi connectivity index (χ0) is 15.1. The lowest BCUT2D eigenvalue weighted by atomic mass is 10.2. The first kappa shape index (κ1) is 14.7. The molecule has 0 unspecified atom stereocenters. The maximum atomic E-state index is 11.7. The van der Waals surface area contributed by atoms with Crippen LogP contribution in [0.25, 0.3) is 11.4 Å². The van der Waals surface area contributed by atoms with Crippen LogP contribution in [-0.2, 0) is 11.3 Å². The number of nitrogens with zero attached hydrogens (tertiary/aromatic N) is 3. The van der Waals surface area contributed by atoms with E-state index in [0.29, 0.717) is 0 Å². The smallest absolute Gasteiger partial charge is 0.248 e. The number of nitrogens with one attached hydrogen (secondary N) is 1. The van der Waals surface area contributed by atoms with Crippen molar-refractivity contribution >= 4 is 11.6 Å². The highest BCUT2D eigenvalue weighted by molar-refractivity contribution is 5.99. The Bertz CT molecular complexity index is 670. The molecule has 0 aliphatic carbocycles. The molecule has 0 bridgehead atoms. The molecule has 0 radical (unpaired) electrons. The fourth-order valence-corrected chi connectivity index (χ4v) is 1.88. The Kier molecular flexibility index (Phi) is 5.04. The third-order valence-electron chi connectivity index (χ3n) is 2.90. The Balaban J connectivity index is 2.17. The Morgan fingerprint density at radius 2 is 2.24 bits per heavy atom. The minimum atomic E-state index is -0.165. The van der Waals surface area contributed by atoms with Crippen LogP contribution in [-0.4, -0.2) is 20.7 Å². The lowest BCUT2D eigenvalue weighted by molar-refractivity contribution is -0.111. The van der Waals surface area contributed by atoms with E-state index >= 15 is 0 Å². The average molecular weight is 282 g/mol. The summed E-state index contributed by atoms with van der Waals surface area (Å²) in [5, 5.41) is 10.9. The second-order valence-electron chi connectivity index (χ2n) is 4.40. The molecule has 1 aromatic heterocycles. The molecule has 1 amide bonds. The van der Waals surface area contributed by atoms with E-state index in [-0.39, 0.29) is 5.91 Å². The summed E-state index contributed by atoms with van der Waals surface area (Å²) in [5.41, 5.74) is 1.65. The predicted molar refractivity (Wildman–Crippen MR) is 83.7 cm³/mol. The van der Waals surface area contributed by atoms with Gasteiger partial charge in [-0.2, -0.15) is 0 Å². The van der Waals surface area contributed by atoms with Crippen molar-refractivity contribution in [1.82, 2.24) is 14.8 Å². The first-order valence-corrected chi connectivity index (χ1v) is 6.83. The highest BCUT2D eigenvalue weighted by Gasteiger charge is 2.07. The van der Waals surface area contributed by atoms with Crippen molar-refractivity contribution in [2.45, 2.75) is 20.4 Å². The van der Waals surface area contributed by atoms with Gasteiger partial charge in [-0.15, -0.1) is 10.2 Å². The Morgan fingerprint density at radius 3 is 3.00 bits per heavy atom. The fraction of sp³-hybridized carbons (Fsp3) is 0.188. The van der Waals surface area contributed by atoms with Crippen LogP contribution >= 0.6 is 0 Å². The van der Waals surface area contributed by atoms with E-state index in [1.807, 2.05) is 48.8 Å². The number of rotatable bonds is 5. The van der Waals surface area contributed by atoms with Crippen LogP contribution in [0.4, 0.5) is 5.69 Å². The number of aromatic nitrogens is 3. The van der Waals surface area contributed by atoms with Crippen molar-refractivity contribution in [3.05, 3.63) is 54.9 Å². The van der Waals surface area contributed by atoms with Crippen molar-refractivity contribution in [2.75, 3.05) is 5.32 Å². The lowest BCUT2D eigenvalue weighted by Gasteiger charge is -2.06. The standard InChI is InChI=1S/C16H18N4O/c1-3-5-6-10-15(21)18-14-9-7-8-13(11-14)16-19-17-12-20(16)4-2/h3,5-12H,4H2,1-2H3,(H,18,21). The topological polar surface area (TPSA) is 59.8 Å². The third kappa shape index (κ3) is 3.89. The average Bonchev–Trinajstić information content (AvgIpc) is 2.96. The number of carbonyl (C=O) groups is 1. The molecule has 1 heterocycles. The molecule has 21 heavy (non-hydrogen) atoms. The van der Waals surface area contributed by atoms with E-state index in [9.17, 15) is 4.79 Å². The quantitative estimate of drug-likeness (QED) is 0.677. The summed E-state index contributed by atoms with van der Waals surface area (Å²) in [5.74, 6) is 0.625. The monoisotopic (exact) mass is 282 g/mol. The SMILES string of the molecule is CC=CC=CC(=O)Nc1cccc(-c2nncn2CC)c1. The minimum Gasteiger partial charge on any atom is -0.322 e. The van der Waals surface area contributed by atoms with Gasteiger partial charge in [-0.1, -0.05) is 30.4 Å². The van der Waals surface area contributed by atoms with Crippen LogP contribution < -0.4 is 5.32 Å². The molecule has 5 nitrogen and oxygen atoms in total. The summed E-state index contributed by atoms with van der Waals surface area (Å²) in [6, 6.07) is 7.56. The van der Waals surface area contributed by atoms with Crippen LogP contribution in [0.5, 0.6) is 0 Å². The summed E-state index contributed by atoms with van der Waals surface area (Å²) in [4.78, 5) is 11.7. The van der Waals surface area contributed by atoms with E-state index in [1.54, 1.807) is 18.5 Å². The zero-order valence-corrected chi connectivity index (χ0v) is 12.2. The van der Waals surface area contributed by atoms with Crippen LogP contribution in [0.15, 0.2) is 54.9 Å². The molecule has 2 aromatic rings. The maximum absolute atomic E-state index is 11.7. The summed E-state index contributed by atoms with van der Waals surface area (Å²) < 4.78 is 1.95. The van der Waals surface area contributed by atoms with E-state index in [2.05, 4.69) is 15.5 Å². The molecule has 1 aromatic carbocycles.